The number of rotatable bonds is 2. The molecule has 0 aliphatic heterocycles. The maximum absolute atomic E-state index is 11.7. The van der Waals surface area contributed by atoms with Crippen molar-refractivity contribution in [2.75, 3.05) is 0 Å². The van der Waals surface area contributed by atoms with Gasteiger partial charge in [0.1, 0.15) is 0 Å². The van der Waals surface area contributed by atoms with Crippen molar-refractivity contribution in [3.63, 3.8) is 0 Å². The first kappa shape index (κ1) is 12.3. The van der Waals surface area contributed by atoms with Crippen LogP contribution in [0.25, 0.3) is 10.9 Å². The van der Waals surface area contributed by atoms with E-state index >= 15 is 0 Å². The molecule has 2 aromatic rings. The summed E-state index contributed by atoms with van der Waals surface area (Å²) in [5, 5.41) is 0.650. The zero-order valence-corrected chi connectivity index (χ0v) is 8.86. The average molecular weight is 256 g/mol. The summed E-state index contributed by atoms with van der Waals surface area (Å²) in [4.78, 5) is 18.5. The number of nitrogens with zero attached hydrogens (tertiary/aromatic N) is 1. The fourth-order valence-electron chi connectivity index (χ4n) is 1.36. The Morgan fingerprint density at radius 1 is 1.28 bits per heavy atom. The van der Waals surface area contributed by atoms with Gasteiger partial charge in [-0.3, -0.25) is 9.78 Å². The summed E-state index contributed by atoms with van der Waals surface area (Å²) in [7, 11) is 0. The van der Waals surface area contributed by atoms with Gasteiger partial charge in [0.15, 0.2) is 0 Å². The number of hydrogen-bond acceptors (Lipinski definition) is 3. The molecule has 0 fully saturated rings. The molecule has 18 heavy (non-hydrogen) atoms. The van der Waals surface area contributed by atoms with Gasteiger partial charge in [-0.1, -0.05) is 18.2 Å². The van der Waals surface area contributed by atoms with Crippen LogP contribution in [0.2, 0.25) is 0 Å². The Balaban J connectivity index is 2.18. The van der Waals surface area contributed by atoms with E-state index in [0.717, 1.165) is 0 Å². The summed E-state index contributed by atoms with van der Waals surface area (Å²) in [6.07, 6.45) is -3.74. The van der Waals surface area contributed by atoms with E-state index in [1.54, 1.807) is 24.3 Å². The second-order valence-corrected chi connectivity index (χ2v) is 3.40. The van der Waals surface area contributed by atoms with Crippen LogP contribution < -0.4 is 5.48 Å². The first-order chi connectivity index (χ1) is 8.46. The molecule has 0 aliphatic carbocycles. The lowest BCUT2D eigenvalue weighted by Gasteiger charge is -2.08. The summed E-state index contributed by atoms with van der Waals surface area (Å²) in [6.45, 7) is 0. The zero-order chi connectivity index (χ0) is 13.2. The second-order valence-electron chi connectivity index (χ2n) is 3.40. The van der Waals surface area contributed by atoms with E-state index in [4.69, 9.17) is 0 Å². The number of carbonyl (C=O) groups is 1. The van der Waals surface area contributed by atoms with Crippen LogP contribution >= 0.6 is 0 Å². The van der Waals surface area contributed by atoms with Gasteiger partial charge < -0.3 is 0 Å². The fourth-order valence-corrected chi connectivity index (χ4v) is 1.36. The molecule has 4 nitrogen and oxygen atoms in total. The van der Waals surface area contributed by atoms with Crippen LogP contribution in [0.5, 0.6) is 0 Å². The minimum Gasteiger partial charge on any atom is -0.267 e. The molecular weight excluding hydrogens is 249 g/mol. The lowest BCUT2D eigenvalue weighted by atomic mass is 10.1. The van der Waals surface area contributed by atoms with Crippen LogP contribution in [0.4, 0.5) is 13.2 Å². The molecule has 0 saturated heterocycles. The van der Waals surface area contributed by atoms with E-state index in [1.165, 1.54) is 17.7 Å². The Morgan fingerprint density at radius 3 is 2.72 bits per heavy atom. The van der Waals surface area contributed by atoms with Gasteiger partial charge in [-0.2, -0.15) is 4.84 Å². The molecule has 1 aromatic carbocycles. The number of pyridine rings is 1. The van der Waals surface area contributed by atoms with Crippen molar-refractivity contribution in [1.29, 1.82) is 0 Å². The van der Waals surface area contributed by atoms with Crippen molar-refractivity contribution in [3.8, 4) is 0 Å². The first-order valence-electron chi connectivity index (χ1n) is 4.85. The van der Waals surface area contributed by atoms with E-state index in [1.807, 2.05) is 0 Å². The summed E-state index contributed by atoms with van der Waals surface area (Å²) in [5.74, 6) is -1.01. The number of halogens is 3. The number of nitrogens with one attached hydrogen (secondary N) is 1. The fraction of sp³-hybridized carbons (Fsp3) is 0.0909. The Morgan fingerprint density at radius 2 is 2.00 bits per heavy atom. The van der Waals surface area contributed by atoms with Crippen molar-refractivity contribution in [2.24, 2.45) is 0 Å². The third kappa shape index (κ3) is 2.95. The number of aromatic nitrogens is 1. The molecule has 0 radical (unpaired) electrons. The van der Waals surface area contributed by atoms with Crippen molar-refractivity contribution in [2.45, 2.75) is 6.36 Å². The van der Waals surface area contributed by atoms with Gasteiger partial charge in [-0.25, -0.2) is 5.48 Å². The minimum atomic E-state index is -4.92. The van der Waals surface area contributed by atoms with Crippen LogP contribution in [0.3, 0.4) is 0 Å². The van der Waals surface area contributed by atoms with Crippen LogP contribution in [0.1, 0.15) is 10.4 Å². The molecule has 94 valence electrons. The number of amides is 1. The summed E-state index contributed by atoms with van der Waals surface area (Å²) in [6, 6.07) is 8.35. The SMILES string of the molecule is O=C(NOC(F)(F)F)c1cnc2ccccc2c1. The van der Waals surface area contributed by atoms with E-state index in [9.17, 15) is 18.0 Å². The van der Waals surface area contributed by atoms with Gasteiger partial charge in [-0.05, 0) is 12.1 Å². The highest BCUT2D eigenvalue weighted by molar-refractivity contribution is 5.96. The third-order valence-corrected chi connectivity index (χ3v) is 2.11. The van der Waals surface area contributed by atoms with Gasteiger partial charge in [0, 0.05) is 11.6 Å². The maximum atomic E-state index is 11.7. The number of para-hydroxylation sites is 1. The van der Waals surface area contributed by atoms with Gasteiger partial charge in [0.2, 0.25) is 0 Å². The Hall–Kier alpha value is -2.15. The summed E-state index contributed by atoms with van der Waals surface area (Å²) in [5.41, 5.74) is 1.93. The van der Waals surface area contributed by atoms with E-state index < -0.39 is 12.3 Å². The molecule has 0 spiro atoms. The molecule has 1 N–H and O–H groups in total. The number of hydroxylamine groups is 1. The molecule has 0 aliphatic rings. The van der Waals surface area contributed by atoms with Crippen LogP contribution in [0, 0.1) is 0 Å². The largest absolute Gasteiger partial charge is 0.543 e. The third-order valence-electron chi connectivity index (χ3n) is 2.11. The maximum Gasteiger partial charge on any atom is 0.543 e. The number of carbonyl (C=O) groups excluding carboxylic acids is 1. The standard InChI is InChI=1S/C11H7F3N2O2/c12-11(13,14)18-16-10(17)8-5-7-3-1-2-4-9(7)15-6-8/h1-6H,(H,16,17). The van der Waals surface area contributed by atoms with Crippen LogP contribution in [0.15, 0.2) is 36.5 Å². The van der Waals surface area contributed by atoms with Crippen LogP contribution in [-0.2, 0) is 4.84 Å². The molecule has 1 amide bonds. The molecule has 7 heteroatoms. The molecular formula is C11H7F3N2O2. The van der Waals surface area contributed by atoms with Crippen molar-refractivity contribution >= 4 is 16.8 Å². The van der Waals surface area contributed by atoms with Crippen molar-refractivity contribution < 1.29 is 22.8 Å². The number of benzene rings is 1. The van der Waals surface area contributed by atoms with Gasteiger partial charge in [-0.15, -0.1) is 13.2 Å². The Bertz CT molecular complexity index is 584. The number of hydrogen-bond donors (Lipinski definition) is 1. The Labute approximate surface area is 99.3 Å². The molecule has 0 unspecified atom stereocenters. The second kappa shape index (κ2) is 4.61. The topological polar surface area (TPSA) is 51.2 Å². The van der Waals surface area contributed by atoms with Gasteiger partial charge >= 0.3 is 6.36 Å². The molecule has 0 saturated carbocycles. The minimum absolute atomic E-state index is 0.0158. The monoisotopic (exact) mass is 256 g/mol. The number of fused-ring (bicyclic) bond motifs is 1. The van der Waals surface area contributed by atoms with Crippen molar-refractivity contribution in [1.82, 2.24) is 10.5 Å². The highest BCUT2D eigenvalue weighted by Gasteiger charge is 2.31. The summed E-state index contributed by atoms with van der Waals surface area (Å²) >= 11 is 0. The average Bonchev–Trinajstić information content (AvgIpc) is 2.34. The zero-order valence-electron chi connectivity index (χ0n) is 8.86. The predicted molar refractivity (Wildman–Crippen MR) is 56.3 cm³/mol. The van der Waals surface area contributed by atoms with E-state index in [0.29, 0.717) is 10.9 Å². The lowest BCUT2D eigenvalue weighted by molar-refractivity contribution is -0.343. The molecule has 0 bridgehead atoms. The van der Waals surface area contributed by atoms with Crippen molar-refractivity contribution in [3.05, 3.63) is 42.1 Å². The number of alkyl halides is 3. The quantitative estimate of drug-likeness (QED) is 0.839. The molecule has 1 aromatic heterocycles. The van der Waals surface area contributed by atoms with E-state index in [-0.39, 0.29) is 5.56 Å². The predicted octanol–water partition coefficient (Wildman–Crippen LogP) is 2.42. The Kier molecular flexibility index (Phi) is 3.15. The highest BCUT2D eigenvalue weighted by Crippen LogP contribution is 2.15. The molecule has 2 rings (SSSR count). The van der Waals surface area contributed by atoms with Gasteiger partial charge in [0.25, 0.3) is 5.91 Å². The van der Waals surface area contributed by atoms with Gasteiger partial charge in [0.05, 0.1) is 11.1 Å². The highest BCUT2D eigenvalue weighted by atomic mass is 19.4. The normalized spacial score (nSPS) is 11.5. The first-order valence-corrected chi connectivity index (χ1v) is 4.85. The summed E-state index contributed by atoms with van der Waals surface area (Å²) < 4.78 is 35.2. The van der Waals surface area contributed by atoms with Crippen LogP contribution in [-0.4, -0.2) is 17.3 Å². The molecule has 1 heterocycles. The molecule has 0 atom stereocenters. The van der Waals surface area contributed by atoms with E-state index in [2.05, 4.69) is 9.82 Å². The lowest BCUT2D eigenvalue weighted by Crippen LogP contribution is -2.31. The smallest absolute Gasteiger partial charge is 0.267 e.